The van der Waals surface area contributed by atoms with Crippen molar-refractivity contribution in [2.24, 2.45) is 0 Å². The Bertz CT molecular complexity index is 345. The van der Waals surface area contributed by atoms with Crippen LogP contribution in [0.3, 0.4) is 0 Å². The Hall–Kier alpha value is -1.60. The first-order chi connectivity index (χ1) is 6.83. The molecule has 0 aromatic carbocycles. The lowest BCUT2D eigenvalue weighted by Crippen LogP contribution is -2.57. The summed E-state index contributed by atoms with van der Waals surface area (Å²) in [6.45, 7) is 2.04. The fraction of sp³-hybridized carbons (Fsp3) is 0.400. The smallest absolute Gasteiger partial charge is 0.140 e. The lowest BCUT2D eigenvalue weighted by atomic mass is 10.1. The maximum absolute atomic E-state index is 8.58. The molecule has 0 atom stereocenters. The highest BCUT2D eigenvalue weighted by Crippen LogP contribution is 2.19. The number of nitrogens with one attached hydrogen (secondary N) is 1. The highest BCUT2D eigenvalue weighted by Gasteiger charge is 2.25. The number of likely N-dealkylation sites (N-methyl/N-ethyl adjacent to an activating group) is 1. The van der Waals surface area contributed by atoms with Crippen LogP contribution in [0.4, 0.5) is 5.69 Å². The summed E-state index contributed by atoms with van der Waals surface area (Å²) in [5.74, 6) is 0. The average Bonchev–Trinajstić information content (AvgIpc) is 2.17. The van der Waals surface area contributed by atoms with Crippen LogP contribution in [-0.4, -0.2) is 31.2 Å². The molecule has 1 aliphatic rings. The van der Waals surface area contributed by atoms with Crippen molar-refractivity contribution in [1.82, 2.24) is 10.3 Å². The van der Waals surface area contributed by atoms with Crippen molar-refractivity contribution in [3.63, 3.8) is 0 Å². The SMILES string of the molecule is CNC1CN(c2ccc(C#N)nc2)C1. The lowest BCUT2D eigenvalue weighted by Gasteiger charge is -2.40. The molecule has 0 amide bonds. The van der Waals surface area contributed by atoms with E-state index in [0.717, 1.165) is 18.8 Å². The van der Waals surface area contributed by atoms with Crippen LogP contribution in [0.15, 0.2) is 18.3 Å². The van der Waals surface area contributed by atoms with Gasteiger partial charge in [-0.3, -0.25) is 0 Å². The monoisotopic (exact) mass is 188 g/mol. The minimum atomic E-state index is 0.472. The Morgan fingerprint density at radius 1 is 1.57 bits per heavy atom. The largest absolute Gasteiger partial charge is 0.367 e. The van der Waals surface area contributed by atoms with Gasteiger partial charge in [-0.2, -0.15) is 5.26 Å². The Morgan fingerprint density at radius 2 is 2.36 bits per heavy atom. The Kier molecular flexibility index (Phi) is 2.33. The molecule has 0 spiro atoms. The molecule has 14 heavy (non-hydrogen) atoms. The minimum absolute atomic E-state index is 0.472. The normalized spacial score (nSPS) is 16.1. The molecule has 1 saturated heterocycles. The summed E-state index contributed by atoms with van der Waals surface area (Å²) in [6.07, 6.45) is 1.75. The van der Waals surface area contributed by atoms with Crippen LogP contribution in [0.2, 0.25) is 0 Å². The summed E-state index contributed by atoms with van der Waals surface area (Å²) < 4.78 is 0. The van der Waals surface area contributed by atoms with Crippen molar-refractivity contribution in [1.29, 1.82) is 5.26 Å². The van der Waals surface area contributed by atoms with Gasteiger partial charge in [0.15, 0.2) is 0 Å². The Morgan fingerprint density at radius 3 is 2.86 bits per heavy atom. The highest BCUT2D eigenvalue weighted by molar-refractivity contribution is 5.48. The summed E-state index contributed by atoms with van der Waals surface area (Å²) in [6, 6.07) is 6.29. The van der Waals surface area contributed by atoms with Crippen molar-refractivity contribution in [3.8, 4) is 6.07 Å². The summed E-state index contributed by atoms with van der Waals surface area (Å²) in [4.78, 5) is 6.26. The van der Waals surface area contributed by atoms with Crippen LogP contribution < -0.4 is 10.2 Å². The molecule has 1 aliphatic heterocycles. The van der Waals surface area contributed by atoms with E-state index in [1.54, 1.807) is 12.3 Å². The summed E-state index contributed by atoms with van der Waals surface area (Å²) in [7, 11) is 1.97. The fourth-order valence-electron chi connectivity index (χ4n) is 1.51. The van der Waals surface area contributed by atoms with E-state index in [0.29, 0.717) is 11.7 Å². The van der Waals surface area contributed by atoms with Gasteiger partial charge in [0.2, 0.25) is 0 Å². The van der Waals surface area contributed by atoms with Gasteiger partial charge in [0.1, 0.15) is 11.8 Å². The molecule has 0 unspecified atom stereocenters. The number of aromatic nitrogens is 1. The minimum Gasteiger partial charge on any atom is -0.367 e. The third-order valence-electron chi connectivity index (χ3n) is 2.52. The van der Waals surface area contributed by atoms with Gasteiger partial charge in [-0.1, -0.05) is 0 Å². The van der Waals surface area contributed by atoms with Crippen LogP contribution in [0.1, 0.15) is 5.69 Å². The second-order valence-electron chi connectivity index (χ2n) is 3.40. The molecule has 0 aliphatic carbocycles. The summed E-state index contributed by atoms with van der Waals surface area (Å²) in [5.41, 5.74) is 1.56. The fourth-order valence-corrected chi connectivity index (χ4v) is 1.51. The van der Waals surface area contributed by atoms with Crippen LogP contribution in [0.5, 0.6) is 0 Å². The predicted octanol–water partition coefficient (Wildman–Crippen LogP) is 0.361. The molecule has 72 valence electrons. The van der Waals surface area contributed by atoms with Crippen LogP contribution >= 0.6 is 0 Å². The van der Waals surface area contributed by atoms with Gasteiger partial charge in [0, 0.05) is 19.1 Å². The van der Waals surface area contributed by atoms with E-state index < -0.39 is 0 Å². The molecule has 2 rings (SSSR count). The number of nitrogens with zero attached hydrogens (tertiary/aromatic N) is 3. The molecule has 1 fully saturated rings. The number of hydrogen-bond acceptors (Lipinski definition) is 4. The van der Waals surface area contributed by atoms with E-state index in [9.17, 15) is 0 Å². The predicted molar refractivity (Wildman–Crippen MR) is 54.0 cm³/mol. The molecular formula is C10H12N4. The highest BCUT2D eigenvalue weighted by atomic mass is 15.2. The number of rotatable bonds is 2. The second kappa shape index (κ2) is 3.64. The zero-order chi connectivity index (χ0) is 9.97. The van der Waals surface area contributed by atoms with Gasteiger partial charge < -0.3 is 10.2 Å². The Labute approximate surface area is 83.2 Å². The number of pyridine rings is 1. The first-order valence-corrected chi connectivity index (χ1v) is 4.62. The molecule has 2 heterocycles. The maximum atomic E-state index is 8.58. The molecule has 1 aromatic heterocycles. The molecule has 4 nitrogen and oxygen atoms in total. The van der Waals surface area contributed by atoms with Crippen molar-refractivity contribution >= 4 is 5.69 Å². The first kappa shape index (κ1) is 8.97. The zero-order valence-electron chi connectivity index (χ0n) is 8.07. The molecule has 4 heteroatoms. The average molecular weight is 188 g/mol. The molecule has 0 radical (unpaired) electrons. The molecule has 1 aromatic rings. The second-order valence-corrected chi connectivity index (χ2v) is 3.40. The third-order valence-corrected chi connectivity index (χ3v) is 2.52. The van der Waals surface area contributed by atoms with Crippen LogP contribution in [0, 0.1) is 11.3 Å². The van der Waals surface area contributed by atoms with E-state index in [4.69, 9.17) is 5.26 Å². The van der Waals surface area contributed by atoms with Gasteiger partial charge in [-0.05, 0) is 19.2 Å². The topological polar surface area (TPSA) is 52.0 Å². The first-order valence-electron chi connectivity index (χ1n) is 4.62. The van der Waals surface area contributed by atoms with Crippen molar-refractivity contribution in [2.45, 2.75) is 6.04 Å². The van der Waals surface area contributed by atoms with Crippen molar-refractivity contribution in [3.05, 3.63) is 24.0 Å². The third kappa shape index (κ3) is 1.54. The van der Waals surface area contributed by atoms with Crippen molar-refractivity contribution in [2.75, 3.05) is 25.0 Å². The zero-order valence-corrected chi connectivity index (χ0v) is 8.07. The number of nitriles is 1. The number of anilines is 1. The van der Waals surface area contributed by atoms with Gasteiger partial charge in [0.25, 0.3) is 0 Å². The maximum Gasteiger partial charge on any atom is 0.140 e. The molecule has 0 saturated carbocycles. The number of hydrogen-bond donors (Lipinski definition) is 1. The van der Waals surface area contributed by atoms with E-state index >= 15 is 0 Å². The van der Waals surface area contributed by atoms with E-state index in [-0.39, 0.29) is 0 Å². The van der Waals surface area contributed by atoms with Gasteiger partial charge in [0.05, 0.1) is 11.9 Å². The molecule has 1 N–H and O–H groups in total. The Balaban J connectivity index is 2.02. The van der Waals surface area contributed by atoms with Crippen LogP contribution in [-0.2, 0) is 0 Å². The van der Waals surface area contributed by atoms with Crippen LogP contribution in [0.25, 0.3) is 0 Å². The lowest BCUT2D eigenvalue weighted by molar-refractivity contribution is 0.450. The van der Waals surface area contributed by atoms with Gasteiger partial charge in [-0.15, -0.1) is 0 Å². The summed E-state index contributed by atoms with van der Waals surface area (Å²) >= 11 is 0. The molecule has 0 bridgehead atoms. The summed E-state index contributed by atoms with van der Waals surface area (Å²) in [5, 5.41) is 11.8. The van der Waals surface area contributed by atoms with Gasteiger partial charge in [-0.25, -0.2) is 4.98 Å². The quantitative estimate of drug-likeness (QED) is 0.728. The van der Waals surface area contributed by atoms with Gasteiger partial charge >= 0.3 is 0 Å². The standard InChI is InChI=1S/C10H12N4/c1-12-9-6-14(7-9)10-3-2-8(4-11)13-5-10/h2-3,5,9,12H,6-7H2,1H3. The van der Waals surface area contributed by atoms with E-state index in [1.165, 1.54) is 0 Å². The van der Waals surface area contributed by atoms with E-state index in [2.05, 4.69) is 15.2 Å². The van der Waals surface area contributed by atoms with E-state index in [1.807, 2.05) is 19.2 Å². The van der Waals surface area contributed by atoms with Crippen molar-refractivity contribution < 1.29 is 0 Å². The molecular weight excluding hydrogens is 176 g/mol.